The van der Waals surface area contributed by atoms with E-state index < -0.39 is 0 Å². The molecule has 0 bridgehead atoms. The number of carbonyl (C=O) groups excluding carboxylic acids is 1. The molecule has 0 aromatic heterocycles. The fraction of sp³-hybridized carbons (Fsp3) is 0.235. The van der Waals surface area contributed by atoms with Gasteiger partial charge in [0, 0.05) is 12.2 Å². The van der Waals surface area contributed by atoms with Gasteiger partial charge < -0.3 is 15.7 Å². The van der Waals surface area contributed by atoms with E-state index in [2.05, 4.69) is 16.7 Å². The van der Waals surface area contributed by atoms with Gasteiger partial charge in [-0.05, 0) is 42.2 Å². The average molecular weight is 282 g/mol. The van der Waals surface area contributed by atoms with Gasteiger partial charge in [0.05, 0.1) is 6.04 Å². The second kappa shape index (κ2) is 5.97. The van der Waals surface area contributed by atoms with Crippen LogP contribution in [0, 0.1) is 0 Å². The van der Waals surface area contributed by atoms with Crippen LogP contribution in [0.4, 0.5) is 5.69 Å². The Balaban J connectivity index is 1.64. The summed E-state index contributed by atoms with van der Waals surface area (Å²) in [5.41, 5.74) is 3.14. The van der Waals surface area contributed by atoms with Crippen molar-refractivity contribution in [2.75, 3.05) is 5.32 Å². The van der Waals surface area contributed by atoms with E-state index in [0.29, 0.717) is 6.54 Å². The van der Waals surface area contributed by atoms with E-state index in [-0.39, 0.29) is 17.7 Å². The highest BCUT2D eigenvalue weighted by Crippen LogP contribution is 2.21. The number of fused-ring (bicyclic) bond motifs is 1. The van der Waals surface area contributed by atoms with Crippen LogP contribution in [0.1, 0.15) is 17.5 Å². The first-order valence-corrected chi connectivity index (χ1v) is 7.12. The average Bonchev–Trinajstić information content (AvgIpc) is 2.65. The molecule has 3 rings (SSSR count). The molecule has 0 saturated carbocycles. The maximum atomic E-state index is 12.2. The van der Waals surface area contributed by atoms with Gasteiger partial charge >= 0.3 is 0 Å². The maximum absolute atomic E-state index is 12.2. The number of aromatic hydroxyl groups is 1. The Hall–Kier alpha value is -2.33. The zero-order valence-electron chi connectivity index (χ0n) is 11.7. The summed E-state index contributed by atoms with van der Waals surface area (Å²) in [4.78, 5) is 12.2. The largest absolute Gasteiger partial charge is 0.508 e. The number of benzene rings is 2. The minimum Gasteiger partial charge on any atom is -0.508 e. The molecular weight excluding hydrogens is 264 g/mol. The molecule has 0 aliphatic carbocycles. The molecule has 2 aromatic rings. The van der Waals surface area contributed by atoms with Crippen molar-refractivity contribution in [3.05, 3.63) is 59.7 Å². The number of phenols is 1. The molecule has 1 aliphatic heterocycles. The predicted molar refractivity (Wildman–Crippen MR) is 82.1 cm³/mol. The van der Waals surface area contributed by atoms with Crippen LogP contribution in [0.5, 0.6) is 5.75 Å². The topological polar surface area (TPSA) is 61.4 Å². The van der Waals surface area contributed by atoms with E-state index in [1.54, 1.807) is 12.1 Å². The van der Waals surface area contributed by atoms with E-state index >= 15 is 0 Å². The summed E-state index contributed by atoms with van der Waals surface area (Å²) < 4.78 is 0. The second-order valence-electron chi connectivity index (χ2n) is 5.29. The third-order valence-electron chi connectivity index (χ3n) is 3.78. The lowest BCUT2D eigenvalue weighted by molar-refractivity contribution is -0.118. The number of hydrogen-bond donors (Lipinski definition) is 3. The molecule has 1 atom stereocenters. The predicted octanol–water partition coefficient (Wildman–Crippen LogP) is 2.44. The first-order chi connectivity index (χ1) is 10.2. The van der Waals surface area contributed by atoms with Crippen LogP contribution in [0.2, 0.25) is 0 Å². The number of rotatable bonds is 3. The number of phenolic OH excluding ortho intramolecular Hbond substituents is 1. The van der Waals surface area contributed by atoms with Crippen LogP contribution >= 0.6 is 0 Å². The molecular formula is C17H18N2O2. The SMILES string of the molecule is O=C1Nc2ccccc2CCC1NCc1ccc(O)cc1. The number of nitrogens with one attached hydrogen (secondary N) is 2. The highest BCUT2D eigenvalue weighted by Gasteiger charge is 2.22. The Morgan fingerprint density at radius 1 is 1.14 bits per heavy atom. The lowest BCUT2D eigenvalue weighted by Crippen LogP contribution is -2.39. The second-order valence-corrected chi connectivity index (χ2v) is 5.29. The quantitative estimate of drug-likeness (QED) is 0.810. The number of aryl methyl sites for hydroxylation is 1. The number of hydrogen-bond acceptors (Lipinski definition) is 3. The Morgan fingerprint density at radius 2 is 1.90 bits per heavy atom. The summed E-state index contributed by atoms with van der Waals surface area (Å²) in [5.74, 6) is 0.264. The fourth-order valence-corrected chi connectivity index (χ4v) is 2.56. The molecule has 1 aliphatic rings. The summed E-state index contributed by atoms with van der Waals surface area (Å²) in [5, 5.41) is 15.5. The molecule has 1 unspecified atom stereocenters. The molecule has 2 aromatic carbocycles. The van der Waals surface area contributed by atoms with E-state index in [1.165, 1.54) is 5.56 Å². The molecule has 4 heteroatoms. The minimum atomic E-state index is -0.203. The Kier molecular flexibility index (Phi) is 3.88. The van der Waals surface area contributed by atoms with Crippen molar-refractivity contribution in [1.29, 1.82) is 0 Å². The zero-order valence-corrected chi connectivity index (χ0v) is 11.7. The van der Waals surface area contributed by atoms with Crippen molar-refractivity contribution in [2.45, 2.75) is 25.4 Å². The molecule has 0 radical (unpaired) electrons. The highest BCUT2D eigenvalue weighted by atomic mass is 16.3. The minimum absolute atomic E-state index is 0.0127. The molecule has 4 nitrogen and oxygen atoms in total. The van der Waals surface area contributed by atoms with Crippen LogP contribution in [-0.4, -0.2) is 17.1 Å². The van der Waals surface area contributed by atoms with Gasteiger partial charge in [-0.1, -0.05) is 30.3 Å². The summed E-state index contributed by atoms with van der Waals surface area (Å²) in [6, 6.07) is 14.7. The number of para-hydroxylation sites is 1. The maximum Gasteiger partial charge on any atom is 0.241 e. The summed E-state index contributed by atoms with van der Waals surface area (Å²) in [6.45, 7) is 0.606. The smallest absolute Gasteiger partial charge is 0.241 e. The molecule has 1 heterocycles. The normalized spacial score (nSPS) is 17.7. The summed E-state index contributed by atoms with van der Waals surface area (Å²) in [7, 11) is 0. The third kappa shape index (κ3) is 3.23. The van der Waals surface area contributed by atoms with Crippen molar-refractivity contribution in [1.82, 2.24) is 5.32 Å². The number of amides is 1. The van der Waals surface area contributed by atoms with Crippen LogP contribution < -0.4 is 10.6 Å². The van der Waals surface area contributed by atoms with E-state index in [0.717, 1.165) is 24.1 Å². The van der Waals surface area contributed by atoms with Crippen LogP contribution in [0.15, 0.2) is 48.5 Å². The fourth-order valence-electron chi connectivity index (χ4n) is 2.56. The van der Waals surface area contributed by atoms with Crippen LogP contribution in [0.3, 0.4) is 0 Å². The van der Waals surface area contributed by atoms with Crippen molar-refractivity contribution >= 4 is 11.6 Å². The van der Waals surface area contributed by atoms with Crippen molar-refractivity contribution < 1.29 is 9.90 Å². The lowest BCUT2D eigenvalue weighted by Gasteiger charge is -2.15. The van der Waals surface area contributed by atoms with Gasteiger partial charge in [-0.15, -0.1) is 0 Å². The van der Waals surface area contributed by atoms with Gasteiger partial charge in [-0.25, -0.2) is 0 Å². The molecule has 108 valence electrons. The van der Waals surface area contributed by atoms with E-state index in [4.69, 9.17) is 0 Å². The van der Waals surface area contributed by atoms with E-state index in [9.17, 15) is 9.90 Å². The number of anilines is 1. The van der Waals surface area contributed by atoms with E-state index in [1.807, 2.05) is 30.3 Å². The van der Waals surface area contributed by atoms with Crippen molar-refractivity contribution in [2.24, 2.45) is 0 Å². The van der Waals surface area contributed by atoms with Crippen molar-refractivity contribution in [3.63, 3.8) is 0 Å². The Morgan fingerprint density at radius 3 is 2.71 bits per heavy atom. The van der Waals surface area contributed by atoms with Gasteiger partial charge in [0.25, 0.3) is 0 Å². The highest BCUT2D eigenvalue weighted by molar-refractivity contribution is 5.96. The van der Waals surface area contributed by atoms with Gasteiger partial charge in [-0.2, -0.15) is 0 Å². The molecule has 0 saturated heterocycles. The lowest BCUT2D eigenvalue weighted by atomic mass is 10.1. The van der Waals surface area contributed by atoms with Crippen LogP contribution in [-0.2, 0) is 17.8 Å². The summed E-state index contributed by atoms with van der Waals surface area (Å²) in [6.07, 6.45) is 1.66. The molecule has 0 fully saturated rings. The van der Waals surface area contributed by atoms with Gasteiger partial charge in [0.15, 0.2) is 0 Å². The van der Waals surface area contributed by atoms with Crippen molar-refractivity contribution in [3.8, 4) is 5.75 Å². The molecule has 0 spiro atoms. The van der Waals surface area contributed by atoms with Gasteiger partial charge in [-0.3, -0.25) is 4.79 Å². The van der Waals surface area contributed by atoms with Crippen LogP contribution in [0.25, 0.3) is 0 Å². The standard InChI is InChI=1S/C17H18N2O2/c20-14-8-5-12(6-9-14)11-18-16-10-7-13-3-1-2-4-15(13)19-17(16)21/h1-6,8-9,16,18,20H,7,10-11H2,(H,19,21). The monoisotopic (exact) mass is 282 g/mol. The Bertz CT molecular complexity index is 637. The molecule has 3 N–H and O–H groups in total. The Labute approximate surface area is 123 Å². The van der Waals surface area contributed by atoms with Gasteiger partial charge in [0.1, 0.15) is 5.75 Å². The first-order valence-electron chi connectivity index (χ1n) is 7.12. The zero-order chi connectivity index (χ0) is 14.7. The summed E-state index contributed by atoms with van der Waals surface area (Å²) >= 11 is 0. The number of carbonyl (C=O) groups is 1. The molecule has 21 heavy (non-hydrogen) atoms. The van der Waals surface area contributed by atoms with Gasteiger partial charge in [0.2, 0.25) is 5.91 Å². The third-order valence-corrected chi connectivity index (χ3v) is 3.78. The molecule has 1 amide bonds. The first kappa shape index (κ1) is 13.6.